The van der Waals surface area contributed by atoms with Gasteiger partial charge >= 0.3 is 0 Å². The number of nitrogens with zero attached hydrogens (tertiary/aromatic N) is 4. The number of amides is 2. The van der Waals surface area contributed by atoms with Crippen molar-refractivity contribution in [1.29, 1.82) is 0 Å². The lowest BCUT2D eigenvalue weighted by Gasteiger charge is -2.35. The van der Waals surface area contributed by atoms with Crippen molar-refractivity contribution in [2.45, 2.75) is 90.0 Å². The van der Waals surface area contributed by atoms with Gasteiger partial charge in [-0.3, -0.25) is 19.6 Å². The lowest BCUT2D eigenvalue weighted by molar-refractivity contribution is -0.129. The number of aromatic nitrogens is 2. The largest absolute Gasteiger partial charge is 0.388 e. The van der Waals surface area contributed by atoms with E-state index in [1.165, 1.54) is 14.1 Å². The average molecular weight is 867 g/mol. The van der Waals surface area contributed by atoms with Gasteiger partial charge in [-0.25, -0.2) is 0 Å². The van der Waals surface area contributed by atoms with Gasteiger partial charge < -0.3 is 20.8 Å². The van der Waals surface area contributed by atoms with E-state index in [0.29, 0.717) is 22.5 Å². The van der Waals surface area contributed by atoms with E-state index in [-0.39, 0.29) is 25.9 Å². The summed E-state index contributed by atoms with van der Waals surface area (Å²) in [5, 5.41) is 29.6. The Kier molecular flexibility index (Phi) is 17.8. The van der Waals surface area contributed by atoms with Gasteiger partial charge in [0.05, 0.1) is 36.6 Å². The van der Waals surface area contributed by atoms with Crippen LogP contribution in [0.3, 0.4) is 0 Å². The summed E-state index contributed by atoms with van der Waals surface area (Å²) in [5.41, 5.74) is 2.38. The molecule has 6 N–H and O–H groups in total. The molecule has 6 atom stereocenters. The first kappa shape index (κ1) is 48.0. The summed E-state index contributed by atoms with van der Waals surface area (Å²) in [6.07, 6.45) is -0.317. The van der Waals surface area contributed by atoms with E-state index < -0.39 is 80.4 Å². The number of aliphatic hydroxyl groups is 2. The van der Waals surface area contributed by atoms with Gasteiger partial charge in [-0.2, -0.15) is 34.9 Å². The minimum atomic E-state index is -4.22. The molecule has 2 aromatic carbocycles. The van der Waals surface area contributed by atoms with E-state index in [1.807, 2.05) is 0 Å². The summed E-state index contributed by atoms with van der Waals surface area (Å²) in [5.74, 6) is -2.60. The van der Waals surface area contributed by atoms with Crippen LogP contribution < -0.4 is 20.1 Å². The molecule has 0 aliphatic carbocycles. The van der Waals surface area contributed by atoms with Gasteiger partial charge in [0.2, 0.25) is 11.8 Å². The summed E-state index contributed by atoms with van der Waals surface area (Å²) >= 11 is 0. The van der Waals surface area contributed by atoms with Crippen LogP contribution in [0.2, 0.25) is 0 Å². The Hall–Kier alpha value is -4.66. The molecule has 18 heteroatoms. The highest BCUT2D eigenvalue weighted by molar-refractivity contribution is 7.87. The van der Waals surface area contributed by atoms with Crippen LogP contribution in [0, 0.1) is 11.8 Å². The molecule has 2 aromatic heterocycles. The summed E-state index contributed by atoms with van der Waals surface area (Å²) < 4.78 is 61.0. The minimum absolute atomic E-state index is 0.0188. The molecule has 4 rings (SSSR count). The number of aliphatic hydroxyl groups excluding tert-OH is 2. The van der Waals surface area contributed by atoms with Crippen molar-refractivity contribution in [3.05, 3.63) is 132 Å². The zero-order valence-corrected chi connectivity index (χ0v) is 36.4. The highest BCUT2D eigenvalue weighted by atomic mass is 32.2. The third-order valence-corrected chi connectivity index (χ3v) is 12.9. The van der Waals surface area contributed by atoms with Crippen LogP contribution in [0.25, 0.3) is 0 Å². The molecule has 2 amide bonds. The lowest BCUT2D eigenvalue weighted by atomic mass is 9.90. The number of pyridine rings is 2. The van der Waals surface area contributed by atoms with Gasteiger partial charge in [0.15, 0.2) is 0 Å². The number of hydrogen-bond donors (Lipinski definition) is 6. The number of carbonyl (C=O) groups excluding carboxylic acids is 2. The SMILES string of the molecule is CC(C)[C@H](NS(=O)(=O)N(C)Cc1ccccn1)C(=O)N[C@@H](Cc1ccccc1)[C@@H](O)[C@H](O)[C@H](Cc1ccccc1)NC(=O)[C@@H](NS(=O)(=O)N(C)Cc1ccccn1)C(C)C. The van der Waals surface area contributed by atoms with E-state index in [4.69, 9.17) is 0 Å². The van der Waals surface area contributed by atoms with E-state index in [0.717, 1.165) is 8.61 Å². The first-order chi connectivity index (χ1) is 28.4. The van der Waals surface area contributed by atoms with Gasteiger partial charge in [0.25, 0.3) is 20.4 Å². The summed E-state index contributed by atoms with van der Waals surface area (Å²) in [6, 6.07) is 23.1. The van der Waals surface area contributed by atoms with Crippen LogP contribution in [0.15, 0.2) is 109 Å². The first-order valence-electron chi connectivity index (χ1n) is 19.7. The fraction of sp³-hybridized carbons (Fsp3) is 0.429. The van der Waals surface area contributed by atoms with Gasteiger partial charge in [0, 0.05) is 26.5 Å². The van der Waals surface area contributed by atoms with Crippen LogP contribution in [0.4, 0.5) is 0 Å². The molecule has 0 unspecified atom stereocenters. The van der Waals surface area contributed by atoms with Gasteiger partial charge in [-0.05, 0) is 60.1 Å². The van der Waals surface area contributed by atoms with E-state index in [2.05, 4.69) is 30.0 Å². The molecule has 0 aliphatic heterocycles. The van der Waals surface area contributed by atoms with Crippen molar-refractivity contribution in [3.63, 3.8) is 0 Å². The minimum Gasteiger partial charge on any atom is -0.388 e. The zero-order valence-electron chi connectivity index (χ0n) is 34.8. The van der Waals surface area contributed by atoms with E-state index >= 15 is 0 Å². The monoisotopic (exact) mass is 866 g/mol. The average Bonchev–Trinajstić information content (AvgIpc) is 3.22. The molecular formula is C42H58N8O8S2. The maximum atomic E-state index is 14.1. The number of benzene rings is 2. The summed E-state index contributed by atoms with van der Waals surface area (Å²) in [6.45, 7) is 6.57. The first-order valence-corrected chi connectivity index (χ1v) is 22.6. The molecule has 0 saturated carbocycles. The number of rotatable bonds is 23. The Morgan fingerprint density at radius 1 is 0.567 bits per heavy atom. The maximum absolute atomic E-state index is 14.1. The topological polar surface area (TPSA) is 223 Å². The second-order valence-electron chi connectivity index (χ2n) is 15.4. The lowest BCUT2D eigenvalue weighted by Crippen LogP contribution is -2.62. The quantitative estimate of drug-likeness (QED) is 0.0636. The fourth-order valence-electron chi connectivity index (χ4n) is 6.37. The molecule has 0 fully saturated rings. The maximum Gasteiger partial charge on any atom is 0.280 e. The molecular weight excluding hydrogens is 809 g/mol. The highest BCUT2D eigenvalue weighted by Crippen LogP contribution is 2.18. The zero-order chi connectivity index (χ0) is 44.0. The smallest absolute Gasteiger partial charge is 0.280 e. The second kappa shape index (κ2) is 22.3. The van der Waals surface area contributed by atoms with Crippen LogP contribution in [-0.4, -0.2) is 108 Å². The molecule has 0 radical (unpaired) electrons. The molecule has 60 heavy (non-hydrogen) atoms. The van der Waals surface area contributed by atoms with Crippen LogP contribution in [0.1, 0.15) is 50.2 Å². The van der Waals surface area contributed by atoms with Crippen molar-refractivity contribution in [1.82, 2.24) is 38.7 Å². The Morgan fingerprint density at radius 3 is 1.20 bits per heavy atom. The molecule has 0 spiro atoms. The van der Waals surface area contributed by atoms with E-state index in [1.54, 1.807) is 137 Å². The molecule has 16 nitrogen and oxygen atoms in total. The molecule has 0 aliphatic rings. The molecule has 4 aromatic rings. The van der Waals surface area contributed by atoms with Crippen LogP contribution >= 0.6 is 0 Å². The van der Waals surface area contributed by atoms with Crippen LogP contribution in [0.5, 0.6) is 0 Å². The van der Waals surface area contributed by atoms with Crippen LogP contribution in [-0.2, 0) is 55.9 Å². The van der Waals surface area contributed by atoms with E-state index in [9.17, 15) is 36.6 Å². The normalized spacial score (nSPS) is 15.3. The Morgan fingerprint density at radius 2 is 0.900 bits per heavy atom. The molecule has 2 heterocycles. The van der Waals surface area contributed by atoms with Gasteiger partial charge in [-0.1, -0.05) is 100 Å². The molecule has 0 bridgehead atoms. The van der Waals surface area contributed by atoms with Crippen molar-refractivity contribution in [3.8, 4) is 0 Å². The second-order valence-corrected chi connectivity index (χ2v) is 19.1. The Bertz CT molecular complexity index is 2000. The van der Waals surface area contributed by atoms with Crippen molar-refractivity contribution in [2.24, 2.45) is 11.8 Å². The predicted molar refractivity (Wildman–Crippen MR) is 229 cm³/mol. The predicted octanol–water partition coefficient (Wildman–Crippen LogP) is 1.94. The van der Waals surface area contributed by atoms with Crippen molar-refractivity contribution < 1.29 is 36.6 Å². The Labute approximate surface area is 354 Å². The third-order valence-electron chi connectivity index (χ3n) is 9.92. The standard InChI is InChI=1S/C42H58N8O8S2/c1-29(2)37(47-59(55,56)49(5)27-33-21-13-15-23-43-33)41(53)45-35(25-31-17-9-7-10-18-31)39(51)40(52)36(26-32-19-11-8-12-20-32)46-42(54)38(30(3)4)48-60(57,58)50(6)28-34-22-14-16-24-44-34/h7-24,29-30,35-40,47-48,51-52H,25-28H2,1-6H3,(H,45,53)(H,46,54)/t35-,36-,37-,38-,39+,40+/m0/s1. The van der Waals surface area contributed by atoms with Gasteiger partial charge in [0.1, 0.15) is 24.3 Å². The highest BCUT2D eigenvalue weighted by Gasteiger charge is 2.39. The van der Waals surface area contributed by atoms with Gasteiger partial charge in [-0.15, -0.1) is 0 Å². The molecule has 326 valence electrons. The molecule has 0 saturated heterocycles. The summed E-state index contributed by atoms with van der Waals surface area (Å²) in [4.78, 5) is 36.5. The Balaban J connectivity index is 1.60. The number of nitrogens with one attached hydrogen (secondary N) is 4. The number of hydrogen-bond acceptors (Lipinski definition) is 10. The third kappa shape index (κ3) is 14.2. The van der Waals surface area contributed by atoms with Crippen molar-refractivity contribution in [2.75, 3.05) is 14.1 Å². The summed E-state index contributed by atoms with van der Waals surface area (Å²) in [7, 11) is -5.72. The fourth-order valence-corrected chi connectivity index (χ4v) is 8.73. The number of carbonyl (C=O) groups is 2. The van der Waals surface area contributed by atoms with Crippen molar-refractivity contribution >= 4 is 32.2 Å².